The third kappa shape index (κ3) is 2.73. The number of halogens is 1. The monoisotopic (exact) mass is 301 g/mol. The van der Waals surface area contributed by atoms with Crippen molar-refractivity contribution in [3.63, 3.8) is 0 Å². The minimum Gasteiger partial charge on any atom is -0.359 e. The molecule has 0 atom stereocenters. The normalized spacial score (nSPS) is 10.8. The Morgan fingerprint density at radius 2 is 2.10 bits per heavy atom. The molecule has 106 valence electrons. The number of benzene rings is 1. The average Bonchev–Trinajstić information content (AvgIpc) is 2.91. The number of carbonyl (C=O) groups is 1. The summed E-state index contributed by atoms with van der Waals surface area (Å²) in [6.45, 7) is 2.10. The van der Waals surface area contributed by atoms with Crippen LogP contribution >= 0.6 is 11.6 Å². The van der Waals surface area contributed by atoms with Crippen molar-refractivity contribution in [3.05, 3.63) is 58.7 Å². The van der Waals surface area contributed by atoms with E-state index in [1.165, 1.54) is 6.20 Å². The van der Waals surface area contributed by atoms with Gasteiger partial charge in [0.25, 0.3) is 5.91 Å². The third-order valence-corrected chi connectivity index (χ3v) is 3.39. The number of nitrogens with one attached hydrogen (secondary N) is 1. The predicted molar refractivity (Wildman–Crippen MR) is 79.2 cm³/mol. The largest absolute Gasteiger partial charge is 0.359 e. The molecular formula is C15H12ClN3O2. The molecule has 1 aromatic carbocycles. The lowest BCUT2D eigenvalue weighted by atomic mass is 10.1. The Bertz CT molecular complexity index is 814. The van der Waals surface area contributed by atoms with Crippen LogP contribution in [0, 0.1) is 6.92 Å². The highest BCUT2D eigenvalue weighted by molar-refractivity contribution is 6.34. The molecule has 1 amide bonds. The van der Waals surface area contributed by atoms with E-state index in [0.717, 1.165) is 16.5 Å². The van der Waals surface area contributed by atoms with Gasteiger partial charge in [0.05, 0.1) is 17.8 Å². The summed E-state index contributed by atoms with van der Waals surface area (Å²) < 4.78 is 5.06. The fourth-order valence-corrected chi connectivity index (χ4v) is 2.31. The highest BCUT2D eigenvalue weighted by Gasteiger charge is 2.13. The third-order valence-electron chi connectivity index (χ3n) is 3.09. The van der Waals surface area contributed by atoms with Gasteiger partial charge in [0.2, 0.25) is 0 Å². The number of carbonyl (C=O) groups excluding carboxylic acids is 1. The summed E-state index contributed by atoms with van der Waals surface area (Å²) in [5.41, 5.74) is 1.25. The number of amides is 1. The molecule has 5 nitrogen and oxygen atoms in total. The van der Waals surface area contributed by atoms with E-state index in [-0.39, 0.29) is 12.5 Å². The van der Waals surface area contributed by atoms with Gasteiger partial charge in [-0.15, -0.1) is 0 Å². The van der Waals surface area contributed by atoms with Crippen LogP contribution in [0.25, 0.3) is 10.8 Å². The van der Waals surface area contributed by atoms with Gasteiger partial charge in [-0.05, 0) is 12.3 Å². The number of hydrogen-bond acceptors (Lipinski definition) is 4. The fraction of sp³-hybridized carbons (Fsp3) is 0.133. The van der Waals surface area contributed by atoms with E-state index in [2.05, 4.69) is 15.5 Å². The molecule has 2 heterocycles. The minimum absolute atomic E-state index is 0.232. The van der Waals surface area contributed by atoms with Gasteiger partial charge in [-0.3, -0.25) is 4.79 Å². The van der Waals surface area contributed by atoms with Gasteiger partial charge in [-0.1, -0.05) is 41.0 Å². The predicted octanol–water partition coefficient (Wildman–Crippen LogP) is 3.11. The molecule has 3 rings (SSSR count). The summed E-state index contributed by atoms with van der Waals surface area (Å²) in [5, 5.41) is 8.46. The quantitative estimate of drug-likeness (QED) is 0.755. The summed E-state index contributed by atoms with van der Waals surface area (Å²) >= 11 is 6.04. The van der Waals surface area contributed by atoms with Crippen molar-refractivity contribution in [1.29, 1.82) is 0 Å². The van der Waals surface area contributed by atoms with E-state index in [0.29, 0.717) is 16.5 Å². The second-order valence-electron chi connectivity index (χ2n) is 4.63. The highest BCUT2D eigenvalue weighted by Crippen LogP contribution is 2.24. The van der Waals surface area contributed by atoms with E-state index >= 15 is 0 Å². The van der Waals surface area contributed by atoms with Crippen LogP contribution in [0.15, 0.2) is 41.1 Å². The molecule has 2 aromatic heterocycles. The molecule has 0 unspecified atom stereocenters. The van der Waals surface area contributed by atoms with Crippen molar-refractivity contribution in [2.24, 2.45) is 0 Å². The molecular weight excluding hydrogens is 290 g/mol. The van der Waals surface area contributed by atoms with Crippen molar-refractivity contribution in [2.45, 2.75) is 13.5 Å². The Hall–Kier alpha value is -2.40. The summed E-state index contributed by atoms with van der Waals surface area (Å²) in [6, 6.07) is 9.17. The lowest BCUT2D eigenvalue weighted by Gasteiger charge is -2.07. The van der Waals surface area contributed by atoms with Gasteiger partial charge in [-0.2, -0.15) is 0 Å². The Balaban J connectivity index is 1.86. The van der Waals surface area contributed by atoms with E-state index in [1.54, 1.807) is 6.07 Å². The zero-order valence-electron chi connectivity index (χ0n) is 11.3. The Morgan fingerprint density at radius 3 is 2.81 bits per heavy atom. The Morgan fingerprint density at radius 1 is 1.33 bits per heavy atom. The minimum atomic E-state index is -0.232. The van der Waals surface area contributed by atoms with Gasteiger partial charge in [0.1, 0.15) is 5.15 Å². The lowest BCUT2D eigenvalue weighted by Crippen LogP contribution is -2.23. The molecule has 0 aliphatic rings. The van der Waals surface area contributed by atoms with Gasteiger partial charge in [0.15, 0.2) is 5.76 Å². The summed E-state index contributed by atoms with van der Waals surface area (Å²) in [7, 11) is 0. The van der Waals surface area contributed by atoms with E-state index in [9.17, 15) is 4.79 Å². The Kier molecular flexibility index (Phi) is 3.58. The molecule has 0 aliphatic carbocycles. The van der Waals surface area contributed by atoms with Crippen LogP contribution in [0.1, 0.15) is 21.8 Å². The van der Waals surface area contributed by atoms with Crippen molar-refractivity contribution in [3.8, 4) is 0 Å². The van der Waals surface area contributed by atoms with Gasteiger partial charge < -0.3 is 9.84 Å². The molecule has 0 saturated heterocycles. The van der Waals surface area contributed by atoms with Crippen molar-refractivity contribution in [2.75, 3.05) is 0 Å². The lowest BCUT2D eigenvalue weighted by molar-refractivity contribution is 0.0948. The zero-order chi connectivity index (χ0) is 14.8. The standard InChI is InChI=1S/C15H12ClN3O2/c1-9-6-10(21-19-9)7-18-15(20)13-8-17-14(16)12-5-3-2-4-11(12)13/h2-6,8H,7H2,1H3,(H,18,20). The molecule has 3 aromatic rings. The van der Waals surface area contributed by atoms with E-state index < -0.39 is 0 Å². The summed E-state index contributed by atoms with van der Waals surface area (Å²) in [5.74, 6) is 0.372. The molecule has 0 spiro atoms. The SMILES string of the molecule is Cc1cc(CNC(=O)c2cnc(Cl)c3ccccc23)on1. The van der Waals surface area contributed by atoms with Crippen molar-refractivity contribution in [1.82, 2.24) is 15.5 Å². The molecule has 1 N–H and O–H groups in total. The second kappa shape index (κ2) is 5.54. The van der Waals surface area contributed by atoms with E-state index in [4.69, 9.17) is 16.1 Å². The van der Waals surface area contributed by atoms with Crippen LogP contribution in [0.3, 0.4) is 0 Å². The first kappa shape index (κ1) is 13.6. The van der Waals surface area contributed by atoms with E-state index in [1.807, 2.05) is 31.2 Å². The van der Waals surface area contributed by atoms with Gasteiger partial charge in [0, 0.05) is 17.6 Å². The van der Waals surface area contributed by atoms with Crippen LogP contribution in [0.4, 0.5) is 0 Å². The molecule has 21 heavy (non-hydrogen) atoms. The molecule has 0 saturated carbocycles. The smallest absolute Gasteiger partial charge is 0.253 e. The van der Waals surface area contributed by atoms with Gasteiger partial charge >= 0.3 is 0 Å². The first-order valence-electron chi connectivity index (χ1n) is 6.39. The van der Waals surface area contributed by atoms with Crippen LogP contribution in [-0.4, -0.2) is 16.0 Å². The molecule has 0 bridgehead atoms. The van der Waals surface area contributed by atoms with Crippen LogP contribution < -0.4 is 5.32 Å². The van der Waals surface area contributed by atoms with Crippen LogP contribution in [0.2, 0.25) is 5.15 Å². The summed E-state index contributed by atoms with van der Waals surface area (Å²) in [6.07, 6.45) is 1.48. The number of rotatable bonds is 3. The molecule has 0 radical (unpaired) electrons. The maximum absolute atomic E-state index is 12.3. The first-order valence-corrected chi connectivity index (χ1v) is 6.76. The number of aryl methyl sites for hydroxylation is 1. The number of hydrogen-bond donors (Lipinski definition) is 1. The first-order chi connectivity index (χ1) is 10.1. The average molecular weight is 302 g/mol. The molecule has 6 heteroatoms. The Labute approximate surface area is 125 Å². The zero-order valence-corrected chi connectivity index (χ0v) is 12.0. The number of pyridine rings is 1. The topological polar surface area (TPSA) is 68.0 Å². The fourth-order valence-electron chi connectivity index (χ4n) is 2.10. The second-order valence-corrected chi connectivity index (χ2v) is 4.98. The van der Waals surface area contributed by atoms with Crippen LogP contribution in [0.5, 0.6) is 0 Å². The summed E-state index contributed by atoms with van der Waals surface area (Å²) in [4.78, 5) is 16.4. The number of aromatic nitrogens is 2. The maximum Gasteiger partial charge on any atom is 0.253 e. The van der Waals surface area contributed by atoms with Crippen LogP contribution in [-0.2, 0) is 6.54 Å². The number of fused-ring (bicyclic) bond motifs is 1. The van der Waals surface area contributed by atoms with Gasteiger partial charge in [-0.25, -0.2) is 4.98 Å². The molecule has 0 fully saturated rings. The van der Waals surface area contributed by atoms with Crippen molar-refractivity contribution < 1.29 is 9.32 Å². The number of nitrogens with zero attached hydrogens (tertiary/aromatic N) is 2. The maximum atomic E-state index is 12.3. The van der Waals surface area contributed by atoms with Crippen molar-refractivity contribution >= 4 is 28.3 Å². The highest BCUT2D eigenvalue weighted by atomic mass is 35.5. The molecule has 0 aliphatic heterocycles.